The molecule has 0 bridgehead atoms. The number of piperidine rings is 1. The number of sulfonamides is 1. The maximum atomic E-state index is 12.9. The van der Waals surface area contributed by atoms with Crippen LogP contribution in [0.2, 0.25) is 5.02 Å². The van der Waals surface area contributed by atoms with Crippen LogP contribution in [0.3, 0.4) is 0 Å². The molecule has 0 radical (unpaired) electrons. The second kappa shape index (κ2) is 7.04. The van der Waals surface area contributed by atoms with E-state index in [2.05, 4.69) is 10.2 Å². The molecule has 1 aromatic carbocycles. The molecule has 0 amide bonds. The van der Waals surface area contributed by atoms with Gasteiger partial charge < -0.3 is 4.74 Å². The van der Waals surface area contributed by atoms with Crippen LogP contribution in [0.1, 0.15) is 18.4 Å². The van der Waals surface area contributed by atoms with E-state index in [-0.39, 0.29) is 17.5 Å². The van der Waals surface area contributed by atoms with Crippen molar-refractivity contribution in [2.24, 2.45) is 0 Å². The lowest BCUT2D eigenvalue weighted by Crippen LogP contribution is -2.44. The molecule has 24 heavy (non-hydrogen) atoms. The normalized spacial score (nSPS) is 19.2. The summed E-state index contributed by atoms with van der Waals surface area (Å²) in [6.07, 6.45) is 2.82. The van der Waals surface area contributed by atoms with Gasteiger partial charge in [-0.15, -0.1) is 5.10 Å². The molecular weight excluding hydrogens is 350 g/mol. The van der Waals surface area contributed by atoms with E-state index < -0.39 is 10.0 Å². The number of hydrogen-bond acceptors (Lipinski definition) is 5. The third-order valence-electron chi connectivity index (χ3n) is 4.01. The topological polar surface area (TPSA) is 72.4 Å². The Morgan fingerprint density at radius 1 is 1.29 bits per heavy atom. The van der Waals surface area contributed by atoms with E-state index in [1.165, 1.54) is 4.31 Å². The molecule has 0 aliphatic carbocycles. The molecule has 3 rings (SSSR count). The first kappa shape index (κ1) is 17.1. The molecule has 0 saturated carbocycles. The van der Waals surface area contributed by atoms with E-state index in [0.29, 0.717) is 23.0 Å². The first-order valence-corrected chi connectivity index (χ1v) is 9.50. The summed E-state index contributed by atoms with van der Waals surface area (Å²) in [7, 11) is -3.61. The van der Waals surface area contributed by atoms with Gasteiger partial charge in [-0.2, -0.15) is 9.40 Å². The van der Waals surface area contributed by atoms with Gasteiger partial charge in [0, 0.05) is 23.8 Å². The summed E-state index contributed by atoms with van der Waals surface area (Å²) in [4.78, 5) is 0.246. The maximum absolute atomic E-state index is 12.9. The van der Waals surface area contributed by atoms with Gasteiger partial charge in [-0.05, 0) is 43.5 Å². The fraction of sp³-hybridized carbons (Fsp3) is 0.375. The van der Waals surface area contributed by atoms with Crippen molar-refractivity contribution in [2.45, 2.75) is 30.8 Å². The van der Waals surface area contributed by atoms with Crippen LogP contribution in [0.4, 0.5) is 0 Å². The number of aromatic nitrogens is 2. The van der Waals surface area contributed by atoms with Gasteiger partial charge in [0.2, 0.25) is 15.9 Å². The first-order valence-electron chi connectivity index (χ1n) is 7.68. The molecule has 1 saturated heterocycles. The quantitative estimate of drug-likeness (QED) is 0.830. The molecule has 1 fully saturated rings. The lowest BCUT2D eigenvalue weighted by atomic mass is 10.1. The Balaban J connectivity index is 1.80. The Labute approximate surface area is 146 Å². The van der Waals surface area contributed by atoms with Gasteiger partial charge in [-0.3, -0.25) is 0 Å². The minimum absolute atomic E-state index is 0.246. The van der Waals surface area contributed by atoms with Gasteiger partial charge >= 0.3 is 0 Å². The summed E-state index contributed by atoms with van der Waals surface area (Å²) in [6, 6.07) is 8.37. The molecule has 2 aromatic rings. The van der Waals surface area contributed by atoms with Gasteiger partial charge in [-0.25, -0.2) is 8.42 Å². The third-order valence-corrected chi connectivity index (χ3v) is 6.43. The van der Waals surface area contributed by atoms with E-state index in [0.717, 1.165) is 12.8 Å². The highest BCUT2D eigenvalue weighted by Gasteiger charge is 2.32. The van der Waals surface area contributed by atoms with E-state index >= 15 is 0 Å². The summed E-state index contributed by atoms with van der Waals surface area (Å²) in [5.74, 6) is 0.403. The van der Waals surface area contributed by atoms with Crippen molar-refractivity contribution in [1.29, 1.82) is 0 Å². The smallest absolute Gasteiger partial charge is 0.243 e. The van der Waals surface area contributed by atoms with Crippen molar-refractivity contribution < 1.29 is 13.2 Å². The number of rotatable bonds is 4. The Morgan fingerprint density at radius 2 is 2.12 bits per heavy atom. The molecule has 1 unspecified atom stereocenters. The molecule has 128 valence electrons. The van der Waals surface area contributed by atoms with Crippen molar-refractivity contribution in [3.8, 4) is 5.88 Å². The molecule has 8 heteroatoms. The number of ether oxygens (including phenoxy) is 1. The Hall–Kier alpha value is -1.70. The zero-order valence-corrected chi connectivity index (χ0v) is 14.8. The van der Waals surface area contributed by atoms with E-state index in [4.69, 9.17) is 16.3 Å². The summed E-state index contributed by atoms with van der Waals surface area (Å²) >= 11 is 6.07. The van der Waals surface area contributed by atoms with E-state index in [1.54, 1.807) is 43.5 Å². The van der Waals surface area contributed by atoms with Gasteiger partial charge in [0.15, 0.2) is 0 Å². The van der Waals surface area contributed by atoms with Gasteiger partial charge in [0.05, 0.1) is 11.4 Å². The molecule has 0 spiro atoms. The fourth-order valence-electron chi connectivity index (χ4n) is 2.75. The third kappa shape index (κ3) is 3.53. The van der Waals surface area contributed by atoms with Crippen molar-refractivity contribution in [3.05, 3.63) is 47.1 Å². The molecule has 0 N–H and O–H groups in total. The fourth-order valence-corrected chi connectivity index (χ4v) is 4.73. The SMILES string of the molecule is Cc1c(Cl)cccc1S(=O)(=O)N1CCCC(Oc2cccnn2)C1. The summed E-state index contributed by atoms with van der Waals surface area (Å²) in [5, 5.41) is 8.10. The van der Waals surface area contributed by atoms with Crippen LogP contribution in [0.25, 0.3) is 0 Å². The predicted molar refractivity (Wildman–Crippen MR) is 90.6 cm³/mol. The van der Waals surface area contributed by atoms with Crippen molar-refractivity contribution >= 4 is 21.6 Å². The van der Waals surface area contributed by atoms with Crippen LogP contribution in [-0.2, 0) is 10.0 Å². The molecule has 1 aromatic heterocycles. The molecule has 1 atom stereocenters. The highest BCUT2D eigenvalue weighted by Crippen LogP contribution is 2.28. The van der Waals surface area contributed by atoms with Crippen molar-refractivity contribution in [1.82, 2.24) is 14.5 Å². The van der Waals surface area contributed by atoms with Crippen LogP contribution in [0.5, 0.6) is 5.88 Å². The standard InChI is InChI=1S/C16H18ClN3O3S/c1-12-14(17)6-2-7-15(12)24(21,22)20-10-4-5-13(11-20)23-16-8-3-9-18-19-16/h2-3,6-9,13H,4-5,10-11H2,1H3. The molecular formula is C16H18ClN3O3S. The van der Waals surface area contributed by atoms with Crippen LogP contribution < -0.4 is 4.74 Å². The largest absolute Gasteiger partial charge is 0.472 e. The second-order valence-electron chi connectivity index (χ2n) is 5.67. The van der Waals surface area contributed by atoms with Crippen LogP contribution in [0, 0.1) is 6.92 Å². The van der Waals surface area contributed by atoms with Gasteiger partial charge in [-0.1, -0.05) is 17.7 Å². The molecule has 1 aliphatic heterocycles. The van der Waals surface area contributed by atoms with E-state index in [1.807, 2.05) is 0 Å². The number of nitrogens with zero attached hydrogens (tertiary/aromatic N) is 3. The Morgan fingerprint density at radius 3 is 2.88 bits per heavy atom. The second-order valence-corrected chi connectivity index (χ2v) is 7.98. The molecule has 1 aliphatic rings. The van der Waals surface area contributed by atoms with Gasteiger partial charge in [0.1, 0.15) is 6.10 Å². The van der Waals surface area contributed by atoms with Crippen LogP contribution in [0.15, 0.2) is 41.4 Å². The lowest BCUT2D eigenvalue weighted by Gasteiger charge is -2.32. The van der Waals surface area contributed by atoms with Crippen molar-refractivity contribution in [3.63, 3.8) is 0 Å². The average molecular weight is 368 g/mol. The average Bonchev–Trinajstić information content (AvgIpc) is 2.58. The first-order chi connectivity index (χ1) is 11.5. The minimum atomic E-state index is -3.61. The molecule has 6 nitrogen and oxygen atoms in total. The highest BCUT2D eigenvalue weighted by molar-refractivity contribution is 7.89. The maximum Gasteiger partial charge on any atom is 0.243 e. The van der Waals surface area contributed by atoms with Crippen LogP contribution >= 0.6 is 11.6 Å². The minimum Gasteiger partial charge on any atom is -0.472 e. The number of benzene rings is 1. The number of hydrogen-bond donors (Lipinski definition) is 0. The summed E-state index contributed by atoms with van der Waals surface area (Å²) < 4.78 is 33.1. The van der Waals surface area contributed by atoms with Crippen LogP contribution in [-0.4, -0.2) is 42.1 Å². The monoisotopic (exact) mass is 367 g/mol. The van der Waals surface area contributed by atoms with Gasteiger partial charge in [0.25, 0.3) is 0 Å². The summed E-state index contributed by atoms with van der Waals surface area (Å²) in [6.45, 7) is 2.46. The summed E-state index contributed by atoms with van der Waals surface area (Å²) in [5.41, 5.74) is 0.566. The zero-order chi connectivity index (χ0) is 17.2. The van der Waals surface area contributed by atoms with Crippen molar-refractivity contribution in [2.75, 3.05) is 13.1 Å². The lowest BCUT2D eigenvalue weighted by molar-refractivity contribution is 0.123. The highest BCUT2D eigenvalue weighted by atomic mass is 35.5. The zero-order valence-electron chi connectivity index (χ0n) is 13.2. The predicted octanol–water partition coefficient (Wildman–Crippen LogP) is 2.67. The Bertz CT molecular complexity index is 815. The Kier molecular flexibility index (Phi) is 5.03. The molecule has 2 heterocycles. The number of halogens is 1. The van der Waals surface area contributed by atoms with E-state index in [9.17, 15) is 8.42 Å².